The van der Waals surface area contributed by atoms with E-state index in [1.165, 1.54) is 64.5 Å². The summed E-state index contributed by atoms with van der Waals surface area (Å²) in [5, 5.41) is 9.69. The van der Waals surface area contributed by atoms with Crippen LogP contribution in [0.5, 0.6) is 0 Å². The molecule has 3 aliphatic carbocycles. The van der Waals surface area contributed by atoms with Crippen LogP contribution in [0.3, 0.4) is 0 Å². The van der Waals surface area contributed by atoms with Gasteiger partial charge in [-0.1, -0.05) is 12.8 Å². The second-order valence-electron chi connectivity index (χ2n) is 6.47. The Balaban J connectivity index is 1.59. The Morgan fingerprint density at radius 1 is 1.06 bits per heavy atom. The first-order chi connectivity index (χ1) is 7.81. The minimum atomic E-state index is 0.275. The topological polar surface area (TPSA) is 23.5 Å². The molecule has 0 aromatic heterocycles. The van der Waals surface area contributed by atoms with Gasteiger partial charge >= 0.3 is 0 Å². The Bertz CT molecular complexity index is 239. The molecule has 0 spiro atoms. The van der Waals surface area contributed by atoms with E-state index in [1.807, 2.05) is 0 Å². The molecule has 0 saturated heterocycles. The zero-order valence-corrected chi connectivity index (χ0v) is 10.3. The fourth-order valence-electron chi connectivity index (χ4n) is 3.34. The lowest BCUT2D eigenvalue weighted by atomic mass is 9.86. The van der Waals surface area contributed by atoms with Gasteiger partial charge in [-0.05, 0) is 44.4 Å². The van der Waals surface area contributed by atoms with Crippen LogP contribution in [-0.2, 0) is 0 Å². The Labute approximate surface area is 99.0 Å². The highest BCUT2D eigenvalue weighted by atomic mass is 16.3. The van der Waals surface area contributed by atoms with E-state index in [9.17, 15) is 5.11 Å². The van der Waals surface area contributed by atoms with E-state index >= 15 is 0 Å². The van der Waals surface area contributed by atoms with Crippen molar-refractivity contribution in [3.63, 3.8) is 0 Å². The van der Waals surface area contributed by atoms with E-state index in [1.54, 1.807) is 0 Å². The molecule has 0 radical (unpaired) electrons. The first kappa shape index (κ1) is 11.0. The van der Waals surface area contributed by atoms with Gasteiger partial charge in [0.25, 0.3) is 0 Å². The number of rotatable bonds is 6. The van der Waals surface area contributed by atoms with E-state index in [2.05, 4.69) is 4.90 Å². The smallest absolute Gasteiger partial charge is 0.0499 e. The third kappa shape index (κ3) is 2.43. The molecular formula is C14H25NO. The van der Waals surface area contributed by atoms with Crippen LogP contribution in [0.4, 0.5) is 0 Å². The second-order valence-corrected chi connectivity index (χ2v) is 6.47. The third-order valence-electron chi connectivity index (χ3n) is 4.79. The number of aliphatic hydroxyl groups is 1. The summed E-state index contributed by atoms with van der Waals surface area (Å²) in [5.41, 5.74) is 0.275. The minimum Gasteiger partial charge on any atom is -0.396 e. The zero-order valence-electron chi connectivity index (χ0n) is 10.3. The molecule has 2 nitrogen and oxygen atoms in total. The SMILES string of the molecule is OCC1(CN(CC2CC2)C2CC2)CCCC1. The van der Waals surface area contributed by atoms with Gasteiger partial charge in [-0.2, -0.15) is 0 Å². The van der Waals surface area contributed by atoms with E-state index in [4.69, 9.17) is 0 Å². The van der Waals surface area contributed by atoms with Crippen molar-refractivity contribution in [1.29, 1.82) is 0 Å². The predicted molar refractivity (Wildman–Crippen MR) is 65.3 cm³/mol. The highest BCUT2D eigenvalue weighted by Gasteiger charge is 2.40. The molecule has 3 fully saturated rings. The van der Waals surface area contributed by atoms with Gasteiger partial charge in [-0.3, -0.25) is 4.90 Å². The summed E-state index contributed by atoms with van der Waals surface area (Å²) in [4.78, 5) is 2.72. The fraction of sp³-hybridized carbons (Fsp3) is 1.00. The lowest BCUT2D eigenvalue weighted by Crippen LogP contribution is -2.40. The number of hydrogen-bond acceptors (Lipinski definition) is 2. The largest absolute Gasteiger partial charge is 0.396 e. The van der Waals surface area contributed by atoms with Crippen LogP contribution in [0.25, 0.3) is 0 Å². The van der Waals surface area contributed by atoms with Gasteiger partial charge in [0, 0.05) is 31.2 Å². The van der Waals surface area contributed by atoms with Gasteiger partial charge in [0.1, 0.15) is 0 Å². The summed E-state index contributed by atoms with van der Waals surface area (Å²) in [5.74, 6) is 0.998. The van der Waals surface area contributed by atoms with Gasteiger partial charge < -0.3 is 5.11 Å². The lowest BCUT2D eigenvalue weighted by molar-refractivity contribution is 0.0724. The average Bonchev–Trinajstić information content (AvgIpc) is 3.19. The van der Waals surface area contributed by atoms with Crippen LogP contribution in [0.1, 0.15) is 51.4 Å². The molecule has 3 rings (SSSR count). The molecule has 2 heteroatoms. The Morgan fingerprint density at radius 3 is 2.25 bits per heavy atom. The van der Waals surface area contributed by atoms with Gasteiger partial charge in [0.2, 0.25) is 0 Å². The maximum absolute atomic E-state index is 9.69. The molecule has 16 heavy (non-hydrogen) atoms. The van der Waals surface area contributed by atoms with Gasteiger partial charge in [-0.15, -0.1) is 0 Å². The highest BCUT2D eigenvalue weighted by Crippen LogP contribution is 2.42. The molecule has 3 aliphatic rings. The Kier molecular flexibility index (Phi) is 2.97. The van der Waals surface area contributed by atoms with Crippen LogP contribution in [0.2, 0.25) is 0 Å². The first-order valence-corrected chi connectivity index (χ1v) is 7.16. The quantitative estimate of drug-likeness (QED) is 0.747. The fourth-order valence-corrected chi connectivity index (χ4v) is 3.34. The van der Waals surface area contributed by atoms with Gasteiger partial charge in [0.15, 0.2) is 0 Å². The second kappa shape index (κ2) is 4.30. The maximum atomic E-state index is 9.69. The Morgan fingerprint density at radius 2 is 1.75 bits per heavy atom. The van der Waals surface area contributed by atoms with Crippen molar-refractivity contribution < 1.29 is 5.11 Å². The minimum absolute atomic E-state index is 0.275. The van der Waals surface area contributed by atoms with E-state index < -0.39 is 0 Å². The van der Waals surface area contributed by atoms with E-state index in [0.717, 1.165) is 12.0 Å². The van der Waals surface area contributed by atoms with E-state index in [-0.39, 0.29) is 5.41 Å². The van der Waals surface area contributed by atoms with Crippen LogP contribution in [-0.4, -0.2) is 35.7 Å². The molecule has 92 valence electrons. The maximum Gasteiger partial charge on any atom is 0.0499 e. The van der Waals surface area contributed by atoms with Crippen LogP contribution >= 0.6 is 0 Å². The van der Waals surface area contributed by atoms with Crippen molar-refractivity contribution in [2.24, 2.45) is 11.3 Å². The van der Waals surface area contributed by atoms with E-state index in [0.29, 0.717) is 6.61 Å². The zero-order chi connectivity index (χ0) is 11.0. The summed E-state index contributed by atoms with van der Waals surface area (Å²) in [6.07, 6.45) is 10.9. The number of nitrogens with zero attached hydrogens (tertiary/aromatic N) is 1. The van der Waals surface area contributed by atoms with Crippen molar-refractivity contribution in [3.8, 4) is 0 Å². The van der Waals surface area contributed by atoms with Crippen LogP contribution < -0.4 is 0 Å². The molecule has 0 aromatic rings. The van der Waals surface area contributed by atoms with Crippen LogP contribution in [0.15, 0.2) is 0 Å². The summed E-state index contributed by atoms with van der Waals surface area (Å²) < 4.78 is 0. The molecule has 0 aromatic carbocycles. The summed E-state index contributed by atoms with van der Waals surface area (Å²) in [6, 6.07) is 0.879. The van der Waals surface area contributed by atoms with Crippen molar-refractivity contribution >= 4 is 0 Å². The first-order valence-electron chi connectivity index (χ1n) is 7.16. The standard InChI is InChI=1S/C14H25NO/c16-11-14(7-1-2-8-14)10-15(13-5-6-13)9-12-3-4-12/h12-13,16H,1-11H2. The number of hydrogen-bond donors (Lipinski definition) is 1. The molecule has 0 heterocycles. The highest BCUT2D eigenvalue weighted by molar-refractivity contribution is 4.94. The summed E-state index contributed by atoms with van der Waals surface area (Å²) in [6.45, 7) is 2.93. The molecule has 1 N–H and O–H groups in total. The number of aliphatic hydroxyl groups excluding tert-OH is 1. The average molecular weight is 223 g/mol. The van der Waals surface area contributed by atoms with Crippen molar-refractivity contribution in [3.05, 3.63) is 0 Å². The Hall–Kier alpha value is -0.0800. The molecule has 0 amide bonds. The van der Waals surface area contributed by atoms with Crippen molar-refractivity contribution in [2.75, 3.05) is 19.7 Å². The predicted octanol–water partition coefficient (Wildman–Crippen LogP) is 2.41. The van der Waals surface area contributed by atoms with Crippen LogP contribution in [0, 0.1) is 11.3 Å². The normalized spacial score (nSPS) is 28.9. The molecule has 0 aliphatic heterocycles. The summed E-state index contributed by atoms with van der Waals surface area (Å²) in [7, 11) is 0. The monoisotopic (exact) mass is 223 g/mol. The molecule has 0 unspecified atom stereocenters. The van der Waals surface area contributed by atoms with Gasteiger partial charge in [0.05, 0.1) is 0 Å². The molecule has 0 atom stereocenters. The lowest BCUT2D eigenvalue weighted by Gasteiger charge is -2.34. The van der Waals surface area contributed by atoms with Crippen molar-refractivity contribution in [2.45, 2.75) is 57.4 Å². The van der Waals surface area contributed by atoms with Gasteiger partial charge in [-0.25, -0.2) is 0 Å². The molecular weight excluding hydrogens is 198 g/mol. The molecule has 0 bridgehead atoms. The summed E-state index contributed by atoms with van der Waals surface area (Å²) >= 11 is 0. The third-order valence-corrected chi connectivity index (χ3v) is 4.79. The van der Waals surface area contributed by atoms with Crippen molar-refractivity contribution in [1.82, 2.24) is 4.90 Å². The molecule has 3 saturated carbocycles.